The predicted molar refractivity (Wildman–Crippen MR) is 46.9 cm³/mol. The molecule has 1 aromatic carbocycles. The zero-order valence-electron chi connectivity index (χ0n) is 7.28. The maximum absolute atomic E-state index is 11.5. The number of Topliss-reactive ketones (excluding diaryl/α,β-unsaturated/α-hetero) is 1. The molecule has 1 aliphatic carbocycles. The maximum Gasteiger partial charge on any atom is 0.192 e. The maximum atomic E-state index is 11.5. The average Bonchev–Trinajstić information content (AvgIpc) is 2.45. The summed E-state index contributed by atoms with van der Waals surface area (Å²) in [6.07, 6.45) is 0.0699. The first-order valence-electron chi connectivity index (χ1n) is 4.12. The molecule has 2 rings (SSSR count). The van der Waals surface area contributed by atoms with Gasteiger partial charge in [0.05, 0.1) is 0 Å². The molecule has 0 bridgehead atoms. The monoisotopic (exact) mass is 178 g/mol. The first kappa shape index (κ1) is 8.26. The zero-order valence-corrected chi connectivity index (χ0v) is 7.28. The van der Waals surface area contributed by atoms with Crippen molar-refractivity contribution >= 4 is 5.78 Å². The Morgan fingerprint density at radius 2 is 2.31 bits per heavy atom. The van der Waals surface area contributed by atoms with Crippen LogP contribution in [0.3, 0.4) is 0 Å². The normalized spacial score (nSPS) is 20.4. The van der Waals surface area contributed by atoms with Crippen molar-refractivity contribution < 1.29 is 14.6 Å². The Bertz CT molecular complexity index is 357. The van der Waals surface area contributed by atoms with Crippen LogP contribution >= 0.6 is 0 Å². The van der Waals surface area contributed by atoms with Crippen molar-refractivity contribution in [2.45, 2.75) is 12.5 Å². The number of aromatic hydroxyl groups is 1. The van der Waals surface area contributed by atoms with E-state index in [0.29, 0.717) is 17.5 Å². The first-order chi connectivity index (χ1) is 6.24. The minimum absolute atomic E-state index is 0.0339. The van der Waals surface area contributed by atoms with E-state index in [1.165, 1.54) is 7.11 Å². The van der Waals surface area contributed by atoms with Crippen LogP contribution in [0.4, 0.5) is 0 Å². The fourth-order valence-electron chi connectivity index (χ4n) is 1.66. The third kappa shape index (κ3) is 1.12. The van der Waals surface area contributed by atoms with Crippen LogP contribution in [0.2, 0.25) is 0 Å². The second-order valence-electron chi connectivity index (χ2n) is 3.10. The van der Waals surface area contributed by atoms with E-state index in [1.54, 1.807) is 18.2 Å². The van der Waals surface area contributed by atoms with E-state index in [0.717, 1.165) is 0 Å². The van der Waals surface area contributed by atoms with Crippen molar-refractivity contribution in [3.05, 3.63) is 29.3 Å². The van der Waals surface area contributed by atoms with Crippen LogP contribution in [0.15, 0.2) is 18.2 Å². The third-order valence-corrected chi connectivity index (χ3v) is 2.38. The Balaban J connectivity index is 2.49. The summed E-state index contributed by atoms with van der Waals surface area (Å²) in [4.78, 5) is 11.5. The summed E-state index contributed by atoms with van der Waals surface area (Å²) in [6, 6.07) is 4.98. The van der Waals surface area contributed by atoms with Gasteiger partial charge in [-0.1, -0.05) is 12.1 Å². The fraction of sp³-hybridized carbons (Fsp3) is 0.300. The quantitative estimate of drug-likeness (QED) is 0.701. The first-order valence-corrected chi connectivity index (χ1v) is 4.12. The van der Waals surface area contributed by atoms with Gasteiger partial charge in [0.2, 0.25) is 0 Å². The number of rotatable bonds is 1. The van der Waals surface area contributed by atoms with Crippen LogP contribution < -0.4 is 0 Å². The number of phenolic OH excluding ortho intramolecular Hbond substituents is 1. The number of hydrogen-bond donors (Lipinski definition) is 1. The van der Waals surface area contributed by atoms with Gasteiger partial charge in [0.25, 0.3) is 0 Å². The lowest BCUT2D eigenvalue weighted by molar-refractivity contribution is 0.0646. The molecule has 0 spiro atoms. The van der Waals surface area contributed by atoms with E-state index in [2.05, 4.69) is 0 Å². The van der Waals surface area contributed by atoms with Crippen LogP contribution in [0.5, 0.6) is 5.75 Å². The van der Waals surface area contributed by atoms with Crippen molar-refractivity contribution in [2.75, 3.05) is 7.11 Å². The highest BCUT2D eigenvalue weighted by Crippen LogP contribution is 2.30. The summed E-state index contributed by atoms with van der Waals surface area (Å²) in [6.45, 7) is 0. The lowest BCUT2D eigenvalue weighted by Gasteiger charge is -2.02. The van der Waals surface area contributed by atoms with Crippen LogP contribution in [0, 0.1) is 0 Å². The molecule has 3 nitrogen and oxygen atoms in total. The second-order valence-corrected chi connectivity index (χ2v) is 3.10. The van der Waals surface area contributed by atoms with Crippen LogP contribution in [0.25, 0.3) is 0 Å². The summed E-state index contributed by atoms with van der Waals surface area (Å²) in [5.74, 6) is 0.152. The minimum Gasteiger partial charge on any atom is -0.508 e. The van der Waals surface area contributed by atoms with Gasteiger partial charge in [0, 0.05) is 24.7 Å². The van der Waals surface area contributed by atoms with Gasteiger partial charge < -0.3 is 9.84 Å². The molecule has 0 aromatic heterocycles. The molecule has 68 valence electrons. The second kappa shape index (κ2) is 2.85. The number of ether oxygens (including phenoxy) is 1. The number of ketones is 1. The highest BCUT2D eigenvalue weighted by Gasteiger charge is 2.31. The summed E-state index contributed by atoms with van der Waals surface area (Å²) in [5.41, 5.74) is 1.30. The van der Waals surface area contributed by atoms with Gasteiger partial charge in [-0.05, 0) is 6.07 Å². The Morgan fingerprint density at radius 1 is 1.54 bits per heavy atom. The number of carbonyl (C=O) groups is 1. The predicted octanol–water partition coefficient (Wildman–Crippen LogP) is 1.15. The fourth-order valence-corrected chi connectivity index (χ4v) is 1.66. The lowest BCUT2D eigenvalue weighted by atomic mass is 10.1. The number of benzene rings is 1. The molecule has 0 saturated carbocycles. The van der Waals surface area contributed by atoms with Crippen molar-refractivity contribution in [3.63, 3.8) is 0 Å². The molecular weight excluding hydrogens is 168 g/mol. The van der Waals surface area contributed by atoms with E-state index in [1.807, 2.05) is 0 Å². The largest absolute Gasteiger partial charge is 0.508 e. The standard InChI is InChI=1S/C10H10O3/c1-13-9-5-7-6(10(9)12)3-2-4-8(7)11/h2-4,9,11H,5H2,1H3. The average molecular weight is 178 g/mol. The number of carbonyl (C=O) groups excluding carboxylic acids is 1. The van der Waals surface area contributed by atoms with Gasteiger partial charge in [-0.25, -0.2) is 0 Å². The molecule has 0 saturated heterocycles. The highest BCUT2D eigenvalue weighted by molar-refractivity contribution is 6.04. The van der Waals surface area contributed by atoms with E-state index in [4.69, 9.17) is 4.74 Å². The molecule has 1 aliphatic rings. The van der Waals surface area contributed by atoms with Gasteiger partial charge in [-0.15, -0.1) is 0 Å². The number of fused-ring (bicyclic) bond motifs is 1. The van der Waals surface area contributed by atoms with Crippen molar-refractivity contribution in [1.29, 1.82) is 0 Å². The topological polar surface area (TPSA) is 46.5 Å². The molecule has 0 aliphatic heterocycles. The highest BCUT2D eigenvalue weighted by atomic mass is 16.5. The van der Waals surface area contributed by atoms with Crippen molar-refractivity contribution in [2.24, 2.45) is 0 Å². The van der Waals surface area contributed by atoms with Crippen LogP contribution in [-0.2, 0) is 11.2 Å². The van der Waals surface area contributed by atoms with E-state index >= 15 is 0 Å². The molecule has 1 unspecified atom stereocenters. The minimum atomic E-state index is -0.414. The molecular formula is C10H10O3. The Kier molecular flexibility index (Phi) is 1.81. The molecule has 3 heteroatoms. The summed E-state index contributed by atoms with van der Waals surface area (Å²) >= 11 is 0. The summed E-state index contributed by atoms with van der Waals surface area (Å²) < 4.78 is 5.00. The molecule has 0 heterocycles. The smallest absolute Gasteiger partial charge is 0.192 e. The lowest BCUT2D eigenvalue weighted by Crippen LogP contribution is -2.17. The van der Waals surface area contributed by atoms with E-state index in [9.17, 15) is 9.90 Å². The van der Waals surface area contributed by atoms with E-state index < -0.39 is 6.10 Å². The number of methoxy groups -OCH3 is 1. The Labute approximate surface area is 76.0 Å². The Hall–Kier alpha value is -1.35. The third-order valence-electron chi connectivity index (χ3n) is 2.38. The van der Waals surface area contributed by atoms with Crippen molar-refractivity contribution in [1.82, 2.24) is 0 Å². The molecule has 0 fully saturated rings. The van der Waals surface area contributed by atoms with Crippen LogP contribution in [0.1, 0.15) is 15.9 Å². The van der Waals surface area contributed by atoms with Gasteiger partial charge in [0.15, 0.2) is 5.78 Å². The summed E-state index contributed by atoms with van der Waals surface area (Å²) in [7, 11) is 1.51. The molecule has 13 heavy (non-hydrogen) atoms. The molecule has 1 atom stereocenters. The summed E-state index contributed by atoms with van der Waals surface area (Å²) in [5, 5.41) is 9.45. The van der Waals surface area contributed by atoms with Gasteiger partial charge >= 0.3 is 0 Å². The zero-order chi connectivity index (χ0) is 9.42. The molecule has 0 radical (unpaired) electrons. The van der Waals surface area contributed by atoms with Gasteiger partial charge in [-0.2, -0.15) is 0 Å². The molecule has 0 amide bonds. The molecule has 1 aromatic rings. The van der Waals surface area contributed by atoms with Gasteiger partial charge in [0.1, 0.15) is 11.9 Å². The number of phenols is 1. The SMILES string of the molecule is COC1Cc2c(O)cccc2C1=O. The van der Waals surface area contributed by atoms with Crippen LogP contribution in [-0.4, -0.2) is 24.1 Å². The van der Waals surface area contributed by atoms with Crippen molar-refractivity contribution in [3.8, 4) is 5.75 Å². The van der Waals surface area contributed by atoms with E-state index in [-0.39, 0.29) is 11.5 Å². The molecule has 1 N–H and O–H groups in total. The Morgan fingerprint density at radius 3 is 2.92 bits per heavy atom. The number of hydrogen-bond acceptors (Lipinski definition) is 3. The van der Waals surface area contributed by atoms with Gasteiger partial charge in [-0.3, -0.25) is 4.79 Å².